The first-order chi connectivity index (χ1) is 10.7. The molecule has 1 fully saturated rings. The van der Waals surface area contributed by atoms with E-state index in [1.54, 1.807) is 0 Å². The number of hydrogen-bond acceptors (Lipinski definition) is 5. The zero-order valence-corrected chi connectivity index (χ0v) is 13.7. The van der Waals surface area contributed by atoms with E-state index >= 15 is 0 Å². The Morgan fingerprint density at radius 2 is 1.87 bits per heavy atom. The number of hydrogen-bond donors (Lipinski definition) is 1. The average Bonchev–Trinajstić information content (AvgIpc) is 2.46. The first-order valence-electron chi connectivity index (χ1n) is 7.16. The fraction of sp³-hybridized carbons (Fsp3) is 0.500. The van der Waals surface area contributed by atoms with Crippen LogP contribution in [0.2, 0.25) is 0 Å². The number of carboxylic acid groups (broad SMARTS) is 1. The summed E-state index contributed by atoms with van der Waals surface area (Å²) in [5, 5.41) is 20.2. The standard InChI is InChI=1S/C14H18N2O6S/c1-9-7-11(16(19)20)8-10(2)13(9)23(21,22)15-6-4-3-5-12(15)14(17)18/h7-8,12H,3-6H2,1-2H3,(H,17,18). The number of rotatable bonds is 4. The van der Waals surface area contributed by atoms with Crippen molar-refractivity contribution >= 4 is 21.7 Å². The van der Waals surface area contributed by atoms with E-state index in [2.05, 4.69) is 0 Å². The van der Waals surface area contributed by atoms with Crippen molar-refractivity contribution in [2.45, 2.75) is 44.0 Å². The Labute approximate surface area is 133 Å². The highest BCUT2D eigenvalue weighted by molar-refractivity contribution is 7.89. The van der Waals surface area contributed by atoms with Gasteiger partial charge in [0.25, 0.3) is 5.69 Å². The number of aryl methyl sites for hydroxylation is 2. The Hall–Kier alpha value is -2.00. The van der Waals surface area contributed by atoms with Crippen LogP contribution in [0, 0.1) is 24.0 Å². The number of benzene rings is 1. The second-order valence-electron chi connectivity index (χ2n) is 5.63. The molecule has 2 rings (SSSR count). The molecule has 126 valence electrons. The molecule has 1 aliphatic heterocycles. The minimum atomic E-state index is -4.03. The van der Waals surface area contributed by atoms with Gasteiger partial charge in [0, 0.05) is 18.7 Å². The van der Waals surface area contributed by atoms with E-state index in [4.69, 9.17) is 0 Å². The monoisotopic (exact) mass is 342 g/mol. The van der Waals surface area contributed by atoms with Crippen LogP contribution < -0.4 is 0 Å². The van der Waals surface area contributed by atoms with Gasteiger partial charge in [0.15, 0.2) is 0 Å². The van der Waals surface area contributed by atoms with Crippen LogP contribution in [0.25, 0.3) is 0 Å². The van der Waals surface area contributed by atoms with Gasteiger partial charge in [0.2, 0.25) is 10.0 Å². The van der Waals surface area contributed by atoms with Gasteiger partial charge in [0.05, 0.1) is 9.82 Å². The lowest BCUT2D eigenvalue weighted by atomic mass is 10.1. The van der Waals surface area contributed by atoms with E-state index in [-0.39, 0.29) is 34.7 Å². The van der Waals surface area contributed by atoms with Gasteiger partial charge in [0.1, 0.15) is 6.04 Å². The van der Waals surface area contributed by atoms with Crippen molar-refractivity contribution in [2.24, 2.45) is 0 Å². The molecular weight excluding hydrogens is 324 g/mol. The zero-order chi connectivity index (χ0) is 17.4. The van der Waals surface area contributed by atoms with Crippen molar-refractivity contribution in [1.82, 2.24) is 4.31 Å². The summed E-state index contributed by atoms with van der Waals surface area (Å²) in [6.45, 7) is 3.09. The van der Waals surface area contributed by atoms with Crippen LogP contribution >= 0.6 is 0 Å². The summed E-state index contributed by atoms with van der Waals surface area (Å²) in [7, 11) is -4.03. The zero-order valence-electron chi connectivity index (χ0n) is 12.9. The smallest absolute Gasteiger partial charge is 0.322 e. The highest BCUT2D eigenvalue weighted by Crippen LogP contribution is 2.31. The molecule has 8 nitrogen and oxygen atoms in total. The van der Waals surface area contributed by atoms with Crippen molar-refractivity contribution < 1.29 is 23.2 Å². The van der Waals surface area contributed by atoms with Crippen LogP contribution in [-0.4, -0.2) is 41.3 Å². The number of nitro groups is 1. The number of nitrogens with zero attached hydrogens (tertiary/aromatic N) is 2. The molecule has 1 aromatic rings. The summed E-state index contributed by atoms with van der Waals surface area (Å²) in [5.74, 6) is -1.18. The third-order valence-electron chi connectivity index (χ3n) is 3.96. The lowest BCUT2D eigenvalue weighted by Gasteiger charge is -2.32. The normalized spacial score (nSPS) is 19.5. The number of aliphatic carboxylic acids is 1. The molecule has 0 saturated carbocycles. The van der Waals surface area contributed by atoms with Crippen LogP contribution in [0.5, 0.6) is 0 Å². The van der Waals surface area contributed by atoms with E-state index in [0.717, 1.165) is 4.31 Å². The number of carbonyl (C=O) groups is 1. The minimum Gasteiger partial charge on any atom is -0.480 e. The molecule has 0 spiro atoms. The largest absolute Gasteiger partial charge is 0.480 e. The van der Waals surface area contributed by atoms with Crippen molar-refractivity contribution in [2.75, 3.05) is 6.54 Å². The van der Waals surface area contributed by atoms with Crippen LogP contribution in [-0.2, 0) is 14.8 Å². The lowest BCUT2D eigenvalue weighted by Crippen LogP contribution is -2.48. The molecule has 1 aromatic carbocycles. The Morgan fingerprint density at radius 3 is 2.35 bits per heavy atom. The first kappa shape index (κ1) is 17.4. The van der Waals surface area contributed by atoms with Gasteiger partial charge < -0.3 is 5.11 Å². The van der Waals surface area contributed by atoms with Gasteiger partial charge in [-0.25, -0.2) is 8.42 Å². The van der Waals surface area contributed by atoms with Crippen molar-refractivity contribution in [3.05, 3.63) is 33.4 Å². The maximum Gasteiger partial charge on any atom is 0.322 e. The van der Waals surface area contributed by atoms with Gasteiger partial charge in [-0.05, 0) is 44.2 Å². The number of carboxylic acids is 1. The molecule has 1 unspecified atom stereocenters. The topological polar surface area (TPSA) is 118 Å². The molecule has 1 aliphatic rings. The lowest BCUT2D eigenvalue weighted by molar-refractivity contribution is -0.385. The summed E-state index contributed by atoms with van der Waals surface area (Å²) in [6.07, 6.45) is 1.51. The van der Waals surface area contributed by atoms with Gasteiger partial charge in [-0.2, -0.15) is 4.31 Å². The molecule has 1 saturated heterocycles. The summed E-state index contributed by atoms with van der Waals surface area (Å²) < 4.78 is 26.8. The summed E-state index contributed by atoms with van der Waals surface area (Å²) in [4.78, 5) is 21.6. The van der Waals surface area contributed by atoms with Crippen molar-refractivity contribution in [3.8, 4) is 0 Å². The molecule has 1 atom stereocenters. The van der Waals surface area contributed by atoms with Crippen molar-refractivity contribution in [1.29, 1.82) is 0 Å². The molecule has 0 aliphatic carbocycles. The first-order valence-corrected chi connectivity index (χ1v) is 8.60. The fourth-order valence-electron chi connectivity index (χ4n) is 3.00. The molecular formula is C14H18N2O6S. The van der Waals surface area contributed by atoms with Crippen LogP contribution in [0.3, 0.4) is 0 Å². The number of piperidine rings is 1. The Morgan fingerprint density at radius 1 is 1.30 bits per heavy atom. The van der Waals surface area contributed by atoms with Crippen LogP contribution in [0.15, 0.2) is 17.0 Å². The fourth-order valence-corrected chi connectivity index (χ4v) is 5.06. The molecule has 1 heterocycles. The second kappa shape index (κ2) is 6.25. The minimum absolute atomic E-state index is 0.0451. The highest BCUT2D eigenvalue weighted by atomic mass is 32.2. The van der Waals surface area contributed by atoms with Crippen molar-refractivity contribution in [3.63, 3.8) is 0 Å². The van der Waals surface area contributed by atoms with Gasteiger partial charge in [-0.15, -0.1) is 0 Å². The van der Waals surface area contributed by atoms with Gasteiger partial charge in [-0.3, -0.25) is 14.9 Å². The van der Waals surface area contributed by atoms with E-state index in [1.807, 2.05) is 0 Å². The molecule has 9 heteroatoms. The van der Waals surface area contributed by atoms with E-state index < -0.39 is 27.0 Å². The maximum atomic E-state index is 12.9. The third kappa shape index (κ3) is 3.20. The second-order valence-corrected chi connectivity index (χ2v) is 7.46. The molecule has 1 N–H and O–H groups in total. The number of non-ortho nitro benzene ring substituents is 1. The van der Waals surface area contributed by atoms with E-state index in [9.17, 15) is 28.4 Å². The van der Waals surface area contributed by atoms with E-state index in [1.165, 1.54) is 26.0 Å². The Kier molecular flexibility index (Phi) is 4.71. The molecule has 0 amide bonds. The summed E-state index contributed by atoms with van der Waals surface area (Å²) >= 11 is 0. The van der Waals surface area contributed by atoms with Gasteiger partial charge in [-0.1, -0.05) is 0 Å². The van der Waals surface area contributed by atoms with Gasteiger partial charge >= 0.3 is 5.97 Å². The maximum absolute atomic E-state index is 12.9. The average molecular weight is 342 g/mol. The summed E-state index contributed by atoms with van der Waals surface area (Å²) in [6, 6.07) is 1.29. The Balaban J connectivity index is 2.55. The predicted octanol–water partition coefficient (Wildman–Crippen LogP) is 1.84. The van der Waals surface area contributed by atoms with Crippen LogP contribution in [0.1, 0.15) is 30.4 Å². The third-order valence-corrected chi connectivity index (χ3v) is 6.18. The summed E-state index contributed by atoms with van der Waals surface area (Å²) in [5.41, 5.74) is 0.296. The van der Waals surface area contributed by atoms with Crippen LogP contribution in [0.4, 0.5) is 5.69 Å². The van der Waals surface area contributed by atoms with E-state index in [0.29, 0.717) is 12.8 Å². The highest BCUT2D eigenvalue weighted by Gasteiger charge is 2.39. The predicted molar refractivity (Wildman–Crippen MR) is 81.7 cm³/mol. The Bertz CT molecular complexity index is 736. The quantitative estimate of drug-likeness (QED) is 0.659. The number of nitro benzene ring substituents is 1. The SMILES string of the molecule is Cc1cc([N+](=O)[O-])cc(C)c1S(=O)(=O)N1CCCCC1C(=O)O. The number of sulfonamides is 1. The molecule has 0 bridgehead atoms. The molecule has 0 radical (unpaired) electrons. The molecule has 0 aromatic heterocycles. The molecule has 23 heavy (non-hydrogen) atoms.